The summed E-state index contributed by atoms with van der Waals surface area (Å²) in [6.45, 7) is 1.68. The average Bonchev–Trinajstić information content (AvgIpc) is 2.62. The first-order chi connectivity index (χ1) is 6.33. The quantitative estimate of drug-likeness (QED) is 0.667. The van der Waals surface area contributed by atoms with Crippen molar-refractivity contribution in [2.45, 2.75) is 37.7 Å². The number of rotatable bonds is 1. The Morgan fingerprint density at radius 2 is 1.77 bits per heavy atom. The Morgan fingerprint density at radius 1 is 1.08 bits per heavy atom. The van der Waals surface area contributed by atoms with Gasteiger partial charge in [-0.3, -0.25) is 0 Å². The van der Waals surface area contributed by atoms with Gasteiger partial charge in [-0.25, -0.2) is 0 Å². The molecule has 2 nitrogen and oxygen atoms in total. The highest BCUT2D eigenvalue weighted by molar-refractivity contribution is 5.16. The van der Waals surface area contributed by atoms with Gasteiger partial charge in [0.1, 0.15) is 0 Å². The summed E-state index contributed by atoms with van der Waals surface area (Å²) in [5.41, 5.74) is -0.299. The summed E-state index contributed by atoms with van der Waals surface area (Å²) in [4.78, 5) is 0. The molecule has 74 valence electrons. The molecule has 2 aliphatic carbocycles. The minimum Gasteiger partial charge on any atom is -0.389 e. The zero-order valence-corrected chi connectivity index (χ0v) is 8.04. The van der Waals surface area contributed by atoms with Crippen molar-refractivity contribution in [3.05, 3.63) is 0 Å². The Labute approximate surface area is 79.3 Å². The molecule has 3 unspecified atom stereocenters. The lowest BCUT2D eigenvalue weighted by Gasteiger charge is -2.17. The number of fused-ring (bicyclic) bond motifs is 1. The first kappa shape index (κ1) is 8.25. The summed E-state index contributed by atoms with van der Waals surface area (Å²) in [7, 11) is 0. The molecule has 1 N–H and O–H groups in total. The predicted octanol–water partition coefficient (Wildman–Crippen LogP) is 1.57. The molecule has 0 aromatic heterocycles. The first-order valence-corrected chi connectivity index (χ1v) is 5.63. The van der Waals surface area contributed by atoms with Gasteiger partial charge in [0.25, 0.3) is 0 Å². The van der Waals surface area contributed by atoms with E-state index >= 15 is 0 Å². The van der Waals surface area contributed by atoms with Crippen LogP contribution in [0.5, 0.6) is 0 Å². The molecule has 1 aliphatic heterocycles. The predicted molar refractivity (Wildman–Crippen MR) is 49.3 cm³/mol. The Hall–Kier alpha value is -0.0800. The fraction of sp³-hybridized carbons (Fsp3) is 1.00. The van der Waals surface area contributed by atoms with E-state index in [9.17, 15) is 5.11 Å². The highest BCUT2D eigenvalue weighted by atomic mass is 16.5. The third-order valence-corrected chi connectivity index (χ3v) is 4.43. The molecule has 3 fully saturated rings. The summed E-state index contributed by atoms with van der Waals surface area (Å²) >= 11 is 0. The van der Waals surface area contributed by atoms with Crippen LogP contribution in [0.1, 0.15) is 32.1 Å². The molecule has 3 aliphatic rings. The maximum atomic E-state index is 10.5. The van der Waals surface area contributed by atoms with Crippen molar-refractivity contribution < 1.29 is 9.84 Å². The number of aliphatic hydroxyl groups is 1. The molecule has 0 amide bonds. The maximum absolute atomic E-state index is 10.5. The Bertz CT molecular complexity index is 196. The van der Waals surface area contributed by atoms with Crippen LogP contribution >= 0.6 is 0 Å². The highest BCUT2D eigenvalue weighted by Gasteiger charge is 2.67. The lowest BCUT2D eigenvalue weighted by Crippen LogP contribution is -2.26. The molecule has 3 atom stereocenters. The Balaban J connectivity index is 1.75. The number of hydrogen-bond acceptors (Lipinski definition) is 2. The van der Waals surface area contributed by atoms with Crippen molar-refractivity contribution in [1.29, 1.82) is 0 Å². The molecular weight excluding hydrogens is 164 g/mol. The van der Waals surface area contributed by atoms with E-state index in [1.165, 1.54) is 25.7 Å². The second-order valence-corrected chi connectivity index (χ2v) is 4.95. The SMILES string of the molecule is OC1(C2CCOC2)C2CCCCC21. The van der Waals surface area contributed by atoms with E-state index in [-0.39, 0.29) is 5.60 Å². The molecule has 0 aromatic rings. The monoisotopic (exact) mass is 182 g/mol. The molecule has 0 spiro atoms. The van der Waals surface area contributed by atoms with Crippen LogP contribution in [-0.4, -0.2) is 23.9 Å². The van der Waals surface area contributed by atoms with Crippen LogP contribution in [0.3, 0.4) is 0 Å². The van der Waals surface area contributed by atoms with Crippen LogP contribution in [0, 0.1) is 17.8 Å². The highest BCUT2D eigenvalue weighted by Crippen LogP contribution is 2.63. The van der Waals surface area contributed by atoms with Crippen LogP contribution in [0.2, 0.25) is 0 Å². The van der Waals surface area contributed by atoms with Crippen molar-refractivity contribution in [3.8, 4) is 0 Å². The van der Waals surface area contributed by atoms with Crippen LogP contribution < -0.4 is 0 Å². The minimum absolute atomic E-state index is 0.299. The van der Waals surface area contributed by atoms with Gasteiger partial charge < -0.3 is 9.84 Å². The second kappa shape index (κ2) is 2.71. The first-order valence-electron chi connectivity index (χ1n) is 5.63. The van der Waals surface area contributed by atoms with Gasteiger partial charge in [0.15, 0.2) is 0 Å². The largest absolute Gasteiger partial charge is 0.389 e. The average molecular weight is 182 g/mol. The van der Waals surface area contributed by atoms with Crippen molar-refractivity contribution in [2.24, 2.45) is 17.8 Å². The van der Waals surface area contributed by atoms with Crippen molar-refractivity contribution >= 4 is 0 Å². The van der Waals surface area contributed by atoms with Crippen molar-refractivity contribution in [2.75, 3.05) is 13.2 Å². The lowest BCUT2D eigenvalue weighted by molar-refractivity contribution is 0.0450. The van der Waals surface area contributed by atoms with E-state index in [0.29, 0.717) is 17.8 Å². The van der Waals surface area contributed by atoms with Gasteiger partial charge in [0, 0.05) is 12.5 Å². The second-order valence-electron chi connectivity index (χ2n) is 4.95. The van der Waals surface area contributed by atoms with E-state index in [1.54, 1.807) is 0 Å². The lowest BCUT2D eigenvalue weighted by atomic mass is 9.96. The molecule has 0 bridgehead atoms. The van der Waals surface area contributed by atoms with Crippen molar-refractivity contribution in [1.82, 2.24) is 0 Å². The van der Waals surface area contributed by atoms with Crippen molar-refractivity contribution in [3.63, 3.8) is 0 Å². The fourth-order valence-corrected chi connectivity index (χ4v) is 3.64. The van der Waals surface area contributed by atoms with E-state index < -0.39 is 0 Å². The summed E-state index contributed by atoms with van der Waals surface area (Å²) in [6.07, 6.45) is 6.27. The van der Waals surface area contributed by atoms with Crippen LogP contribution in [0.15, 0.2) is 0 Å². The smallest absolute Gasteiger partial charge is 0.0762 e. The molecule has 3 rings (SSSR count). The molecule has 2 heteroatoms. The normalized spacial score (nSPS) is 54.7. The molecule has 13 heavy (non-hydrogen) atoms. The van der Waals surface area contributed by atoms with Gasteiger partial charge in [-0.1, -0.05) is 12.8 Å². The summed E-state index contributed by atoms with van der Waals surface area (Å²) in [6, 6.07) is 0. The van der Waals surface area contributed by atoms with Crippen LogP contribution in [0.25, 0.3) is 0 Å². The molecule has 1 saturated heterocycles. The fourth-order valence-electron chi connectivity index (χ4n) is 3.64. The summed E-state index contributed by atoms with van der Waals surface area (Å²) in [5.74, 6) is 1.72. The molecule has 0 radical (unpaired) electrons. The third kappa shape index (κ3) is 1.02. The van der Waals surface area contributed by atoms with Gasteiger partial charge >= 0.3 is 0 Å². The molecule has 0 aromatic carbocycles. The summed E-state index contributed by atoms with van der Waals surface area (Å²) < 4.78 is 5.37. The van der Waals surface area contributed by atoms with Crippen LogP contribution in [0.4, 0.5) is 0 Å². The van der Waals surface area contributed by atoms with Gasteiger partial charge in [0.05, 0.1) is 12.2 Å². The Morgan fingerprint density at radius 3 is 2.31 bits per heavy atom. The van der Waals surface area contributed by atoms with E-state index in [0.717, 1.165) is 19.6 Å². The summed E-state index contributed by atoms with van der Waals surface area (Å²) in [5, 5.41) is 10.5. The van der Waals surface area contributed by atoms with E-state index in [2.05, 4.69) is 0 Å². The zero-order valence-electron chi connectivity index (χ0n) is 8.04. The third-order valence-electron chi connectivity index (χ3n) is 4.43. The molecule has 1 heterocycles. The topological polar surface area (TPSA) is 29.5 Å². The zero-order chi connectivity index (χ0) is 8.89. The van der Waals surface area contributed by atoms with E-state index in [4.69, 9.17) is 4.74 Å². The van der Waals surface area contributed by atoms with Crippen LogP contribution in [-0.2, 0) is 4.74 Å². The van der Waals surface area contributed by atoms with Gasteiger partial charge in [-0.05, 0) is 31.1 Å². The van der Waals surface area contributed by atoms with Gasteiger partial charge in [0.2, 0.25) is 0 Å². The number of hydrogen-bond donors (Lipinski definition) is 1. The Kier molecular flexibility index (Phi) is 1.72. The standard InChI is InChI=1S/C11H18O2/c12-11(8-5-6-13-7-8)9-3-1-2-4-10(9)11/h8-10,12H,1-7H2. The number of ether oxygens (including phenoxy) is 1. The maximum Gasteiger partial charge on any atom is 0.0762 e. The van der Waals surface area contributed by atoms with E-state index in [1.807, 2.05) is 0 Å². The minimum atomic E-state index is -0.299. The molecular formula is C11H18O2. The molecule has 2 saturated carbocycles. The van der Waals surface area contributed by atoms with Gasteiger partial charge in [-0.2, -0.15) is 0 Å². The van der Waals surface area contributed by atoms with Gasteiger partial charge in [-0.15, -0.1) is 0 Å².